The molecule has 118 valence electrons. The van der Waals surface area contributed by atoms with E-state index in [1.807, 2.05) is 6.08 Å². The molecule has 0 aromatic rings. The number of carbonyl (C=O) groups is 1. The van der Waals surface area contributed by atoms with Crippen molar-refractivity contribution in [2.24, 2.45) is 10.4 Å². The van der Waals surface area contributed by atoms with E-state index in [1.54, 1.807) is 18.1 Å². The first kappa shape index (κ1) is 16.2. The van der Waals surface area contributed by atoms with Crippen LogP contribution in [0.4, 0.5) is 0 Å². The maximum Gasteiger partial charge on any atom is 0.328 e. The minimum absolute atomic E-state index is 0.00957. The fourth-order valence-electron chi connectivity index (χ4n) is 2.52. The van der Waals surface area contributed by atoms with Crippen LogP contribution in [0.2, 0.25) is 0 Å². The number of nitriles is 1. The number of aliphatic imine (C=N–C) groups is 1. The van der Waals surface area contributed by atoms with Gasteiger partial charge in [-0.05, 0) is 17.9 Å². The summed E-state index contributed by atoms with van der Waals surface area (Å²) in [5, 5.41) is 11.1. The SMILES string of the molecule is COC(=O)C1C=C(C2=NC(C(C)(C)C)CC=C2C#N)N(C)N1. The Morgan fingerprint density at radius 3 is 2.77 bits per heavy atom. The van der Waals surface area contributed by atoms with Gasteiger partial charge in [-0.15, -0.1) is 0 Å². The van der Waals surface area contributed by atoms with Crippen LogP contribution in [0.25, 0.3) is 0 Å². The van der Waals surface area contributed by atoms with Gasteiger partial charge in [0.15, 0.2) is 0 Å². The Kier molecular flexibility index (Phi) is 4.38. The maximum atomic E-state index is 11.7. The molecular formula is C16H22N4O2. The van der Waals surface area contributed by atoms with Crippen LogP contribution in [-0.2, 0) is 9.53 Å². The minimum atomic E-state index is -0.553. The summed E-state index contributed by atoms with van der Waals surface area (Å²) >= 11 is 0. The van der Waals surface area contributed by atoms with E-state index in [2.05, 4.69) is 32.3 Å². The van der Waals surface area contributed by atoms with Crippen molar-refractivity contribution in [3.8, 4) is 6.07 Å². The zero-order chi connectivity index (χ0) is 16.5. The van der Waals surface area contributed by atoms with E-state index < -0.39 is 6.04 Å². The average Bonchev–Trinajstić information content (AvgIpc) is 2.86. The number of methoxy groups -OCH3 is 1. The normalized spacial score (nSPS) is 25.1. The monoisotopic (exact) mass is 302 g/mol. The quantitative estimate of drug-likeness (QED) is 0.783. The van der Waals surface area contributed by atoms with Crippen LogP contribution in [0.1, 0.15) is 27.2 Å². The first-order valence-corrected chi connectivity index (χ1v) is 7.26. The molecule has 0 saturated heterocycles. The summed E-state index contributed by atoms with van der Waals surface area (Å²) in [7, 11) is 3.15. The second kappa shape index (κ2) is 5.93. The van der Waals surface area contributed by atoms with Gasteiger partial charge in [0.05, 0.1) is 30.1 Å². The molecule has 0 aliphatic carbocycles. The van der Waals surface area contributed by atoms with Gasteiger partial charge in [-0.2, -0.15) is 5.26 Å². The topological polar surface area (TPSA) is 77.7 Å². The minimum Gasteiger partial charge on any atom is -0.468 e. The Hall–Kier alpha value is -2.13. The molecule has 0 fully saturated rings. The van der Waals surface area contributed by atoms with Gasteiger partial charge in [0.1, 0.15) is 12.1 Å². The van der Waals surface area contributed by atoms with Gasteiger partial charge >= 0.3 is 5.97 Å². The average molecular weight is 302 g/mol. The van der Waals surface area contributed by atoms with Gasteiger partial charge in [-0.3, -0.25) is 4.99 Å². The van der Waals surface area contributed by atoms with Crippen LogP contribution in [0, 0.1) is 16.7 Å². The van der Waals surface area contributed by atoms with Crippen molar-refractivity contribution in [3.63, 3.8) is 0 Å². The predicted octanol–water partition coefficient (Wildman–Crippen LogP) is 1.57. The summed E-state index contributed by atoms with van der Waals surface area (Å²) in [6, 6.07) is 1.75. The Morgan fingerprint density at radius 1 is 1.55 bits per heavy atom. The molecule has 2 rings (SSSR count). The number of nitrogens with zero attached hydrogens (tertiary/aromatic N) is 3. The molecular weight excluding hydrogens is 280 g/mol. The van der Waals surface area contributed by atoms with E-state index in [0.29, 0.717) is 11.3 Å². The highest BCUT2D eigenvalue weighted by Crippen LogP contribution is 2.31. The molecule has 0 bridgehead atoms. The third-order valence-corrected chi connectivity index (χ3v) is 3.92. The lowest BCUT2D eigenvalue weighted by molar-refractivity contribution is -0.142. The Bertz CT molecular complexity index is 605. The number of hydrogen-bond acceptors (Lipinski definition) is 6. The number of allylic oxidation sites excluding steroid dienone is 1. The molecule has 22 heavy (non-hydrogen) atoms. The van der Waals surface area contributed by atoms with E-state index in [9.17, 15) is 10.1 Å². The van der Waals surface area contributed by atoms with E-state index in [0.717, 1.165) is 12.1 Å². The largest absolute Gasteiger partial charge is 0.468 e. The second-order valence-corrected chi connectivity index (χ2v) is 6.57. The van der Waals surface area contributed by atoms with Gasteiger partial charge < -0.3 is 9.75 Å². The molecule has 0 saturated carbocycles. The molecule has 2 aliphatic heterocycles. The molecule has 0 amide bonds. The third-order valence-electron chi connectivity index (χ3n) is 3.92. The summed E-state index contributed by atoms with van der Waals surface area (Å²) in [5.74, 6) is -0.367. The van der Waals surface area contributed by atoms with Crippen LogP contribution in [0.3, 0.4) is 0 Å². The van der Waals surface area contributed by atoms with Crippen molar-refractivity contribution in [1.29, 1.82) is 5.26 Å². The molecule has 2 atom stereocenters. The number of rotatable bonds is 2. The number of dihydropyridines is 1. The standard InChI is InChI=1S/C16H22N4O2/c1-16(2,3)13-7-6-10(9-17)14(18-13)12-8-11(15(21)22-5)19-20(12)4/h6,8,11,13,19H,7H2,1-5H3. The highest BCUT2D eigenvalue weighted by Gasteiger charge is 2.34. The summed E-state index contributed by atoms with van der Waals surface area (Å²) in [6.07, 6.45) is 4.43. The molecule has 0 aromatic carbocycles. The van der Waals surface area contributed by atoms with Crippen LogP contribution in [-0.4, -0.2) is 42.9 Å². The van der Waals surface area contributed by atoms with Crippen molar-refractivity contribution in [2.45, 2.75) is 39.3 Å². The fourth-order valence-corrected chi connectivity index (χ4v) is 2.52. The van der Waals surface area contributed by atoms with Gasteiger partial charge in [-0.25, -0.2) is 10.2 Å². The molecule has 0 radical (unpaired) electrons. The fraction of sp³-hybridized carbons (Fsp3) is 0.562. The highest BCUT2D eigenvalue weighted by atomic mass is 16.5. The lowest BCUT2D eigenvalue weighted by atomic mass is 9.82. The lowest BCUT2D eigenvalue weighted by Crippen LogP contribution is -2.40. The van der Waals surface area contributed by atoms with Crippen molar-refractivity contribution in [2.75, 3.05) is 14.2 Å². The first-order valence-electron chi connectivity index (χ1n) is 7.26. The molecule has 0 spiro atoms. The van der Waals surface area contributed by atoms with E-state index in [4.69, 9.17) is 9.73 Å². The highest BCUT2D eigenvalue weighted by molar-refractivity contribution is 6.15. The summed E-state index contributed by atoms with van der Waals surface area (Å²) in [4.78, 5) is 16.5. The summed E-state index contributed by atoms with van der Waals surface area (Å²) in [5.41, 5.74) is 4.92. The van der Waals surface area contributed by atoms with Crippen molar-refractivity contribution >= 4 is 11.7 Å². The van der Waals surface area contributed by atoms with Gasteiger partial charge in [0, 0.05) is 7.05 Å². The zero-order valence-electron chi connectivity index (χ0n) is 13.7. The van der Waals surface area contributed by atoms with Gasteiger partial charge in [-0.1, -0.05) is 26.8 Å². The number of esters is 1. The third kappa shape index (κ3) is 3.04. The number of carbonyl (C=O) groups excluding carboxylic acids is 1. The smallest absolute Gasteiger partial charge is 0.328 e. The van der Waals surface area contributed by atoms with Gasteiger partial charge in [0.2, 0.25) is 0 Å². The Morgan fingerprint density at radius 2 is 2.23 bits per heavy atom. The Balaban J connectivity index is 2.39. The second-order valence-electron chi connectivity index (χ2n) is 6.57. The van der Waals surface area contributed by atoms with E-state index in [-0.39, 0.29) is 17.4 Å². The molecule has 2 heterocycles. The van der Waals surface area contributed by atoms with Gasteiger partial charge in [0.25, 0.3) is 0 Å². The van der Waals surface area contributed by atoms with Crippen LogP contribution >= 0.6 is 0 Å². The number of hydrazine groups is 1. The van der Waals surface area contributed by atoms with Crippen LogP contribution in [0.5, 0.6) is 0 Å². The van der Waals surface area contributed by atoms with E-state index in [1.165, 1.54) is 7.11 Å². The van der Waals surface area contributed by atoms with E-state index >= 15 is 0 Å². The van der Waals surface area contributed by atoms with Crippen LogP contribution in [0.15, 0.2) is 28.4 Å². The Labute approximate surface area is 131 Å². The molecule has 2 aliphatic rings. The first-order chi connectivity index (χ1) is 10.3. The maximum absolute atomic E-state index is 11.7. The lowest BCUT2D eigenvalue weighted by Gasteiger charge is -2.31. The summed E-state index contributed by atoms with van der Waals surface area (Å²) in [6.45, 7) is 6.39. The number of nitrogens with one attached hydrogen (secondary N) is 1. The number of ether oxygens (including phenoxy) is 1. The molecule has 0 aromatic heterocycles. The zero-order valence-corrected chi connectivity index (χ0v) is 13.7. The number of hydrogen-bond donors (Lipinski definition) is 1. The molecule has 2 unspecified atom stereocenters. The molecule has 6 nitrogen and oxygen atoms in total. The van der Waals surface area contributed by atoms with Crippen molar-refractivity contribution in [1.82, 2.24) is 10.4 Å². The van der Waals surface area contributed by atoms with Crippen LogP contribution < -0.4 is 5.43 Å². The molecule has 6 heteroatoms. The molecule has 1 N–H and O–H groups in total. The van der Waals surface area contributed by atoms with Crippen molar-refractivity contribution < 1.29 is 9.53 Å². The predicted molar refractivity (Wildman–Crippen MR) is 83.8 cm³/mol. The van der Waals surface area contributed by atoms with Crippen molar-refractivity contribution in [3.05, 3.63) is 23.4 Å². The summed E-state index contributed by atoms with van der Waals surface area (Å²) < 4.78 is 4.75.